The molecular formula is C15H25IN4O2S. The second-order valence-electron chi connectivity index (χ2n) is 5.21. The molecule has 1 fully saturated rings. The summed E-state index contributed by atoms with van der Waals surface area (Å²) in [5, 5.41) is 17.6. The molecule has 0 radical (unpaired) electrons. The van der Waals surface area contributed by atoms with Gasteiger partial charge in [-0.3, -0.25) is 9.79 Å². The number of aliphatic imine (C=N–C) groups is 1. The molecule has 0 aliphatic carbocycles. The summed E-state index contributed by atoms with van der Waals surface area (Å²) >= 11 is 1.44. The van der Waals surface area contributed by atoms with Gasteiger partial charge in [0, 0.05) is 32.7 Å². The maximum atomic E-state index is 11.8. The van der Waals surface area contributed by atoms with Gasteiger partial charge in [0.15, 0.2) is 5.96 Å². The van der Waals surface area contributed by atoms with Crippen LogP contribution in [0.3, 0.4) is 0 Å². The lowest BCUT2D eigenvalue weighted by Crippen LogP contribution is -2.40. The first-order valence-corrected chi connectivity index (χ1v) is 8.61. The number of aliphatic hydroxyl groups is 1. The lowest BCUT2D eigenvalue weighted by atomic mass is 10.3. The molecule has 0 aromatic carbocycles. The maximum Gasteiger partial charge on any atom is 0.261 e. The largest absolute Gasteiger partial charge is 0.391 e. The third-order valence-corrected chi connectivity index (χ3v) is 4.29. The Bertz CT molecular complexity index is 496. The average Bonchev–Trinajstić information content (AvgIpc) is 3.17. The number of guanidine groups is 1. The highest BCUT2D eigenvalue weighted by molar-refractivity contribution is 14.0. The third-order valence-electron chi connectivity index (χ3n) is 3.42. The minimum absolute atomic E-state index is 0. The van der Waals surface area contributed by atoms with Crippen molar-refractivity contribution in [1.82, 2.24) is 15.5 Å². The van der Waals surface area contributed by atoms with E-state index in [4.69, 9.17) is 0 Å². The summed E-state index contributed by atoms with van der Waals surface area (Å²) in [5.74, 6) is 0.831. The predicted molar refractivity (Wildman–Crippen MR) is 105 cm³/mol. The Hall–Kier alpha value is -0.870. The Balaban J connectivity index is 0.00000264. The summed E-state index contributed by atoms with van der Waals surface area (Å²) in [4.78, 5) is 19.1. The number of rotatable bonds is 6. The molecule has 2 heterocycles. The molecule has 0 saturated carbocycles. The molecule has 130 valence electrons. The molecule has 23 heavy (non-hydrogen) atoms. The van der Waals surface area contributed by atoms with Crippen LogP contribution in [0.25, 0.3) is 0 Å². The molecule has 2 rings (SSSR count). The van der Waals surface area contributed by atoms with Crippen LogP contribution in [0.4, 0.5) is 0 Å². The fourth-order valence-electron chi connectivity index (χ4n) is 2.32. The van der Waals surface area contributed by atoms with Gasteiger partial charge in [-0.1, -0.05) is 6.07 Å². The number of halogens is 1. The van der Waals surface area contributed by atoms with Crippen LogP contribution in [-0.2, 0) is 0 Å². The first kappa shape index (κ1) is 20.2. The van der Waals surface area contributed by atoms with Crippen molar-refractivity contribution in [2.24, 2.45) is 4.99 Å². The van der Waals surface area contributed by atoms with E-state index in [1.165, 1.54) is 11.3 Å². The topological polar surface area (TPSA) is 77.0 Å². The molecule has 0 bridgehead atoms. The highest BCUT2D eigenvalue weighted by atomic mass is 127. The van der Waals surface area contributed by atoms with Crippen LogP contribution < -0.4 is 10.6 Å². The minimum Gasteiger partial charge on any atom is -0.391 e. The molecule has 8 heteroatoms. The number of nitrogens with one attached hydrogen (secondary N) is 2. The molecule has 6 nitrogen and oxygen atoms in total. The third kappa shape index (κ3) is 6.64. The van der Waals surface area contributed by atoms with Crippen LogP contribution in [0.15, 0.2) is 22.5 Å². The van der Waals surface area contributed by atoms with E-state index in [9.17, 15) is 9.90 Å². The SMILES string of the molecule is CCNC(=NCCCNC(=O)c1cccs1)N1CC[C@@H](O)C1.I. The predicted octanol–water partition coefficient (Wildman–Crippen LogP) is 1.52. The minimum atomic E-state index is -0.256. The van der Waals surface area contributed by atoms with Crippen LogP contribution in [0.5, 0.6) is 0 Å². The standard InChI is InChI=1S/C15H24N4O2S.HI/c1-2-16-15(19-9-6-12(20)11-19)18-8-4-7-17-14(21)13-5-3-10-22-13;/h3,5,10,12,20H,2,4,6-9,11H2,1H3,(H,16,18)(H,17,21);1H/t12-;/m1./s1. The van der Waals surface area contributed by atoms with Crippen molar-refractivity contribution in [3.63, 3.8) is 0 Å². The highest BCUT2D eigenvalue weighted by Gasteiger charge is 2.22. The normalized spacial score (nSPS) is 17.7. The van der Waals surface area contributed by atoms with E-state index >= 15 is 0 Å². The van der Waals surface area contributed by atoms with Crippen LogP contribution in [0.2, 0.25) is 0 Å². The molecule has 1 aliphatic heterocycles. The zero-order chi connectivity index (χ0) is 15.8. The van der Waals surface area contributed by atoms with Crippen molar-refractivity contribution in [2.75, 3.05) is 32.7 Å². The molecule has 0 unspecified atom stereocenters. The van der Waals surface area contributed by atoms with Gasteiger partial charge >= 0.3 is 0 Å². The zero-order valence-electron chi connectivity index (χ0n) is 13.3. The zero-order valence-corrected chi connectivity index (χ0v) is 16.5. The van der Waals surface area contributed by atoms with Gasteiger partial charge in [-0.05, 0) is 31.2 Å². The second kappa shape index (κ2) is 10.8. The van der Waals surface area contributed by atoms with Gasteiger partial charge in [-0.2, -0.15) is 0 Å². The van der Waals surface area contributed by atoms with E-state index in [2.05, 4.69) is 20.5 Å². The lowest BCUT2D eigenvalue weighted by Gasteiger charge is -2.20. The molecule has 1 saturated heterocycles. The average molecular weight is 452 g/mol. The molecule has 0 spiro atoms. The van der Waals surface area contributed by atoms with Crippen molar-refractivity contribution in [1.29, 1.82) is 0 Å². The van der Waals surface area contributed by atoms with E-state index < -0.39 is 0 Å². The van der Waals surface area contributed by atoms with Gasteiger partial charge in [0.1, 0.15) is 0 Å². The summed E-state index contributed by atoms with van der Waals surface area (Å²) < 4.78 is 0. The number of likely N-dealkylation sites (tertiary alicyclic amines) is 1. The Morgan fingerprint density at radius 2 is 2.35 bits per heavy atom. The van der Waals surface area contributed by atoms with Crippen molar-refractivity contribution in [3.05, 3.63) is 22.4 Å². The fourth-order valence-corrected chi connectivity index (χ4v) is 2.96. The molecule has 1 aromatic heterocycles. The fraction of sp³-hybridized carbons (Fsp3) is 0.600. The molecule has 1 amide bonds. The maximum absolute atomic E-state index is 11.8. The van der Waals surface area contributed by atoms with Crippen LogP contribution in [0.1, 0.15) is 29.4 Å². The number of carbonyl (C=O) groups excluding carboxylic acids is 1. The van der Waals surface area contributed by atoms with Crippen LogP contribution in [-0.4, -0.2) is 60.7 Å². The van der Waals surface area contributed by atoms with Gasteiger partial charge in [0.05, 0.1) is 11.0 Å². The van der Waals surface area contributed by atoms with E-state index in [0.29, 0.717) is 19.6 Å². The molecule has 1 aliphatic rings. The van der Waals surface area contributed by atoms with E-state index in [1.54, 1.807) is 0 Å². The van der Waals surface area contributed by atoms with E-state index in [1.807, 2.05) is 24.4 Å². The van der Waals surface area contributed by atoms with E-state index in [-0.39, 0.29) is 36.0 Å². The summed E-state index contributed by atoms with van der Waals surface area (Å²) in [6.45, 7) is 5.58. The second-order valence-corrected chi connectivity index (χ2v) is 6.16. The van der Waals surface area contributed by atoms with Gasteiger partial charge in [0.2, 0.25) is 0 Å². The number of aliphatic hydroxyl groups excluding tert-OH is 1. The lowest BCUT2D eigenvalue weighted by molar-refractivity contribution is 0.0957. The number of nitrogens with zero attached hydrogens (tertiary/aromatic N) is 2. The van der Waals surface area contributed by atoms with Crippen molar-refractivity contribution < 1.29 is 9.90 Å². The van der Waals surface area contributed by atoms with Crippen molar-refractivity contribution in [2.45, 2.75) is 25.9 Å². The van der Waals surface area contributed by atoms with Crippen LogP contribution in [0, 0.1) is 0 Å². The number of thiophene rings is 1. The van der Waals surface area contributed by atoms with E-state index in [0.717, 1.165) is 36.8 Å². The van der Waals surface area contributed by atoms with Gasteiger partial charge in [0.25, 0.3) is 5.91 Å². The first-order valence-electron chi connectivity index (χ1n) is 7.73. The summed E-state index contributed by atoms with van der Waals surface area (Å²) in [5.41, 5.74) is 0. The molecule has 1 aromatic rings. The first-order chi connectivity index (χ1) is 10.7. The Labute approximate surface area is 158 Å². The van der Waals surface area contributed by atoms with Gasteiger partial charge < -0.3 is 20.6 Å². The van der Waals surface area contributed by atoms with Crippen LogP contribution >= 0.6 is 35.3 Å². The summed E-state index contributed by atoms with van der Waals surface area (Å²) in [6.07, 6.45) is 1.33. The highest BCUT2D eigenvalue weighted by Crippen LogP contribution is 2.09. The monoisotopic (exact) mass is 452 g/mol. The summed E-state index contributed by atoms with van der Waals surface area (Å²) in [7, 11) is 0. The number of hydrogen-bond donors (Lipinski definition) is 3. The van der Waals surface area contributed by atoms with Gasteiger partial charge in [-0.25, -0.2) is 0 Å². The number of β-amino-alcohol motifs (C(OH)–C–C–N with tert-alkyl or cyclic N) is 1. The quantitative estimate of drug-likeness (QED) is 0.265. The number of hydrogen-bond acceptors (Lipinski definition) is 4. The molecular weight excluding hydrogens is 427 g/mol. The Morgan fingerprint density at radius 1 is 1.52 bits per heavy atom. The summed E-state index contributed by atoms with van der Waals surface area (Å²) in [6, 6.07) is 3.69. The molecule has 3 N–H and O–H groups in total. The smallest absolute Gasteiger partial charge is 0.261 e. The Kier molecular flexibility index (Phi) is 9.49. The van der Waals surface area contributed by atoms with Crippen molar-refractivity contribution in [3.8, 4) is 0 Å². The number of carbonyl (C=O) groups is 1. The number of amides is 1. The van der Waals surface area contributed by atoms with Gasteiger partial charge in [-0.15, -0.1) is 35.3 Å². The Morgan fingerprint density at radius 3 is 2.96 bits per heavy atom. The molecule has 1 atom stereocenters. The van der Waals surface area contributed by atoms with Crippen molar-refractivity contribution >= 4 is 47.2 Å².